The zero-order valence-corrected chi connectivity index (χ0v) is 19.6. The first-order chi connectivity index (χ1) is 16.2. The largest absolute Gasteiger partial charge is 0.336 e. The summed E-state index contributed by atoms with van der Waals surface area (Å²) < 4.78 is 1.41. The molecule has 1 saturated heterocycles. The topological polar surface area (TPSA) is 129 Å². The van der Waals surface area contributed by atoms with Crippen molar-refractivity contribution in [1.29, 1.82) is 0 Å². The first kappa shape index (κ1) is 23.2. The van der Waals surface area contributed by atoms with Crippen molar-refractivity contribution in [2.75, 3.05) is 23.3 Å². The van der Waals surface area contributed by atoms with Gasteiger partial charge in [0.05, 0.1) is 10.9 Å². The van der Waals surface area contributed by atoms with Gasteiger partial charge in [-0.05, 0) is 36.1 Å². The molecule has 0 spiro atoms. The molecule has 0 aliphatic carbocycles. The van der Waals surface area contributed by atoms with Crippen molar-refractivity contribution in [2.45, 2.75) is 40.2 Å². The Morgan fingerprint density at radius 2 is 1.91 bits per heavy atom. The fourth-order valence-corrected chi connectivity index (χ4v) is 3.97. The van der Waals surface area contributed by atoms with Gasteiger partial charge in [-0.1, -0.05) is 33.8 Å². The summed E-state index contributed by atoms with van der Waals surface area (Å²) in [6.45, 7) is 9.20. The highest BCUT2D eigenvalue weighted by Crippen LogP contribution is 2.24. The average molecular weight is 465 g/mol. The third kappa shape index (κ3) is 4.43. The van der Waals surface area contributed by atoms with Crippen molar-refractivity contribution >= 4 is 34.3 Å². The minimum Gasteiger partial charge on any atom is -0.336 e. The third-order valence-electron chi connectivity index (χ3n) is 5.62. The van der Waals surface area contributed by atoms with E-state index >= 15 is 0 Å². The number of anilines is 2. The number of hydrogen-bond donors (Lipinski definition) is 3. The van der Waals surface area contributed by atoms with E-state index < -0.39 is 17.2 Å². The molecule has 178 valence electrons. The molecule has 0 saturated carbocycles. The predicted octanol–water partition coefficient (Wildman–Crippen LogP) is 2.65. The summed E-state index contributed by atoms with van der Waals surface area (Å²) >= 11 is 0. The second-order valence-corrected chi connectivity index (χ2v) is 9.10. The number of H-pyrrole nitrogens is 1. The predicted molar refractivity (Wildman–Crippen MR) is 131 cm³/mol. The summed E-state index contributed by atoms with van der Waals surface area (Å²) in [6.07, 6.45) is 0. The number of urea groups is 1. The maximum absolute atomic E-state index is 13.4. The fourth-order valence-electron chi connectivity index (χ4n) is 3.97. The normalized spacial score (nSPS) is 13.7. The number of amides is 3. The lowest BCUT2D eigenvalue weighted by atomic mass is 10.0. The fraction of sp³-hybridized carbons (Fsp3) is 0.375. The molecule has 1 aliphatic rings. The van der Waals surface area contributed by atoms with Gasteiger partial charge in [-0.25, -0.2) is 14.6 Å². The number of pyridine rings is 1. The smallest absolute Gasteiger partial charge is 0.330 e. The minimum atomic E-state index is -0.657. The van der Waals surface area contributed by atoms with E-state index in [4.69, 9.17) is 0 Å². The number of aromatic amines is 1. The number of fused-ring (bicyclic) bond motifs is 1. The van der Waals surface area contributed by atoms with E-state index in [1.54, 1.807) is 35.2 Å². The molecule has 4 rings (SSSR count). The molecule has 1 aromatic carbocycles. The van der Waals surface area contributed by atoms with E-state index in [1.807, 2.05) is 27.7 Å². The van der Waals surface area contributed by atoms with E-state index in [9.17, 15) is 19.2 Å². The van der Waals surface area contributed by atoms with Crippen molar-refractivity contribution in [2.24, 2.45) is 5.92 Å². The van der Waals surface area contributed by atoms with Crippen LogP contribution in [0.2, 0.25) is 0 Å². The molecule has 1 aliphatic heterocycles. The molecule has 0 bridgehead atoms. The van der Waals surface area contributed by atoms with Gasteiger partial charge in [0.15, 0.2) is 5.65 Å². The van der Waals surface area contributed by atoms with Gasteiger partial charge in [0.2, 0.25) is 0 Å². The number of nitrogens with one attached hydrogen (secondary N) is 3. The van der Waals surface area contributed by atoms with Gasteiger partial charge in [-0.2, -0.15) is 0 Å². The number of benzene rings is 1. The lowest BCUT2D eigenvalue weighted by Gasteiger charge is -2.17. The van der Waals surface area contributed by atoms with E-state index in [1.165, 1.54) is 4.57 Å². The number of rotatable bonds is 6. The van der Waals surface area contributed by atoms with Crippen LogP contribution >= 0.6 is 0 Å². The second-order valence-electron chi connectivity index (χ2n) is 9.10. The van der Waals surface area contributed by atoms with Crippen molar-refractivity contribution in [3.05, 3.63) is 62.4 Å². The van der Waals surface area contributed by atoms with Crippen LogP contribution in [0.25, 0.3) is 11.0 Å². The van der Waals surface area contributed by atoms with Crippen molar-refractivity contribution in [3.8, 4) is 0 Å². The van der Waals surface area contributed by atoms with Gasteiger partial charge in [-0.15, -0.1) is 0 Å². The van der Waals surface area contributed by atoms with E-state index in [-0.39, 0.29) is 34.5 Å². The minimum absolute atomic E-state index is 0.0325. The highest BCUT2D eigenvalue weighted by atomic mass is 16.2. The zero-order valence-electron chi connectivity index (χ0n) is 19.6. The molecular formula is C24H28N6O4. The van der Waals surface area contributed by atoms with E-state index in [2.05, 4.69) is 20.6 Å². The second kappa shape index (κ2) is 9.12. The van der Waals surface area contributed by atoms with Gasteiger partial charge >= 0.3 is 11.7 Å². The molecule has 0 radical (unpaired) electrons. The Morgan fingerprint density at radius 1 is 1.15 bits per heavy atom. The molecule has 0 unspecified atom stereocenters. The molecule has 3 N–H and O–H groups in total. The molecular weight excluding hydrogens is 436 g/mol. The Labute approximate surface area is 196 Å². The molecule has 3 aromatic rings. The van der Waals surface area contributed by atoms with Crippen molar-refractivity contribution in [3.63, 3.8) is 0 Å². The maximum Gasteiger partial charge on any atom is 0.330 e. The average Bonchev–Trinajstić information content (AvgIpc) is 3.21. The van der Waals surface area contributed by atoms with Crippen LogP contribution in [-0.2, 0) is 6.54 Å². The molecule has 34 heavy (non-hydrogen) atoms. The van der Waals surface area contributed by atoms with E-state index in [0.29, 0.717) is 36.7 Å². The standard InChI is InChI=1S/C24H28N6O4/c1-13(2)12-30-20-19(22(32)28-24(30)34)17(11-18(27-20)14(3)4)21(31)26-15-6-5-7-16(10-15)29-9-8-25-23(29)33/h5-7,10-11,13-14H,8-9,12H2,1-4H3,(H,25,33)(H,26,31)(H,28,32,34). The summed E-state index contributed by atoms with van der Waals surface area (Å²) in [4.78, 5) is 59.3. The summed E-state index contributed by atoms with van der Waals surface area (Å²) in [7, 11) is 0. The van der Waals surface area contributed by atoms with Crippen LogP contribution in [-0.4, -0.2) is 39.6 Å². The molecule has 1 fully saturated rings. The Kier molecular flexibility index (Phi) is 6.23. The van der Waals surface area contributed by atoms with Gasteiger partial charge in [-0.3, -0.25) is 24.0 Å². The number of aromatic nitrogens is 3. The lowest BCUT2D eigenvalue weighted by Crippen LogP contribution is -2.33. The van der Waals surface area contributed by atoms with Crippen LogP contribution in [0.5, 0.6) is 0 Å². The first-order valence-corrected chi connectivity index (χ1v) is 11.3. The first-order valence-electron chi connectivity index (χ1n) is 11.3. The van der Waals surface area contributed by atoms with Gasteiger partial charge in [0.25, 0.3) is 11.5 Å². The number of carbonyl (C=O) groups excluding carboxylic acids is 2. The number of nitrogens with zero attached hydrogens (tertiary/aromatic N) is 3. The van der Waals surface area contributed by atoms with Crippen molar-refractivity contribution in [1.82, 2.24) is 19.9 Å². The summed E-state index contributed by atoms with van der Waals surface area (Å²) in [5.74, 6) is -0.411. The Morgan fingerprint density at radius 3 is 2.56 bits per heavy atom. The molecule has 2 aromatic heterocycles. The van der Waals surface area contributed by atoms with Crippen LogP contribution in [0.4, 0.5) is 16.2 Å². The van der Waals surface area contributed by atoms with Crippen molar-refractivity contribution < 1.29 is 9.59 Å². The number of carbonyl (C=O) groups is 2. The maximum atomic E-state index is 13.4. The highest BCUT2D eigenvalue weighted by Gasteiger charge is 2.23. The zero-order chi connectivity index (χ0) is 24.6. The van der Waals surface area contributed by atoms with Gasteiger partial charge < -0.3 is 10.6 Å². The third-order valence-corrected chi connectivity index (χ3v) is 5.62. The summed E-state index contributed by atoms with van der Waals surface area (Å²) in [6, 6.07) is 8.34. The monoisotopic (exact) mass is 464 g/mol. The van der Waals surface area contributed by atoms with Crippen LogP contribution in [0.1, 0.15) is 49.7 Å². The quantitative estimate of drug-likeness (QED) is 0.516. The SMILES string of the molecule is CC(C)Cn1c(=O)[nH]c(=O)c2c(C(=O)Nc3cccc(N4CCNC4=O)c3)cc(C(C)C)nc21. The summed E-state index contributed by atoms with van der Waals surface area (Å²) in [5.41, 5.74) is 0.850. The van der Waals surface area contributed by atoms with E-state index in [0.717, 1.165) is 0 Å². The molecule has 3 heterocycles. The Hall–Kier alpha value is -3.95. The van der Waals surface area contributed by atoms with Crippen LogP contribution < -0.4 is 26.8 Å². The van der Waals surface area contributed by atoms with Gasteiger partial charge in [0.1, 0.15) is 0 Å². The van der Waals surface area contributed by atoms with Gasteiger partial charge in [0, 0.05) is 36.7 Å². The van der Waals surface area contributed by atoms with Crippen LogP contribution in [0, 0.1) is 5.92 Å². The van der Waals surface area contributed by atoms with Crippen LogP contribution in [0.3, 0.4) is 0 Å². The molecule has 10 nitrogen and oxygen atoms in total. The Bertz CT molecular complexity index is 1390. The Balaban J connectivity index is 1.81. The number of hydrogen-bond acceptors (Lipinski definition) is 5. The molecule has 3 amide bonds. The molecule has 10 heteroatoms. The van der Waals surface area contributed by atoms with Crippen LogP contribution in [0.15, 0.2) is 39.9 Å². The molecule has 0 atom stereocenters. The summed E-state index contributed by atoms with van der Waals surface area (Å²) in [5, 5.41) is 5.65. The lowest BCUT2D eigenvalue weighted by molar-refractivity contribution is 0.102. The highest BCUT2D eigenvalue weighted by molar-refractivity contribution is 6.12.